The van der Waals surface area contributed by atoms with E-state index in [1.807, 2.05) is 41.3 Å². The van der Waals surface area contributed by atoms with Crippen LogP contribution < -0.4 is 9.47 Å². The molecule has 31 heavy (non-hydrogen) atoms. The molecule has 6 heteroatoms. The lowest BCUT2D eigenvalue weighted by Crippen LogP contribution is -2.50. The predicted molar refractivity (Wildman–Crippen MR) is 122 cm³/mol. The van der Waals surface area contributed by atoms with E-state index in [0.717, 1.165) is 31.8 Å². The lowest BCUT2D eigenvalue weighted by Gasteiger charge is -2.38. The molecule has 2 atom stereocenters. The number of amides is 1. The summed E-state index contributed by atoms with van der Waals surface area (Å²) in [5, 5.41) is 0. The van der Waals surface area contributed by atoms with Crippen molar-refractivity contribution >= 4 is 5.91 Å². The average Bonchev–Trinajstić information content (AvgIpc) is 2.82. The molecule has 1 saturated heterocycles. The minimum Gasteiger partial charge on any atom is -0.497 e. The van der Waals surface area contributed by atoms with Crippen LogP contribution in [-0.4, -0.2) is 68.3 Å². The normalized spacial score (nSPS) is 17.7. The van der Waals surface area contributed by atoms with Gasteiger partial charge in [0.2, 0.25) is 0 Å². The molecule has 0 aromatic heterocycles. The van der Waals surface area contributed by atoms with E-state index in [-0.39, 0.29) is 18.1 Å². The molecule has 3 rings (SSSR count). The van der Waals surface area contributed by atoms with Crippen LogP contribution in [0.3, 0.4) is 0 Å². The Kier molecular flexibility index (Phi) is 8.32. The standard InChI is InChI=1S/C25H34N2O4/c1-5-19(2)27(25(28)23-8-6-7-9-24(23)30-4)18-22-17-26(14-15-31-22)16-20-10-12-21(29-3)13-11-20/h6-13,19,22H,5,14-18H2,1-4H3. The molecule has 1 amide bonds. The predicted octanol–water partition coefficient (Wildman–Crippen LogP) is 3.85. The third-order valence-corrected chi connectivity index (χ3v) is 5.91. The van der Waals surface area contributed by atoms with E-state index in [0.29, 0.717) is 24.5 Å². The van der Waals surface area contributed by atoms with Crippen LogP contribution in [0, 0.1) is 0 Å². The van der Waals surface area contributed by atoms with Crippen LogP contribution in [0.4, 0.5) is 0 Å². The first-order valence-electron chi connectivity index (χ1n) is 11.0. The summed E-state index contributed by atoms with van der Waals surface area (Å²) in [6.07, 6.45) is 0.850. The Hall–Kier alpha value is -2.57. The zero-order chi connectivity index (χ0) is 22.2. The first-order valence-corrected chi connectivity index (χ1v) is 11.0. The Morgan fingerprint density at radius 3 is 2.58 bits per heavy atom. The van der Waals surface area contributed by atoms with Gasteiger partial charge in [-0.1, -0.05) is 31.2 Å². The first-order chi connectivity index (χ1) is 15.0. The van der Waals surface area contributed by atoms with Crippen molar-refractivity contribution in [3.63, 3.8) is 0 Å². The van der Waals surface area contributed by atoms with Crippen molar-refractivity contribution in [2.24, 2.45) is 0 Å². The van der Waals surface area contributed by atoms with E-state index in [1.54, 1.807) is 14.2 Å². The van der Waals surface area contributed by atoms with E-state index in [2.05, 4.69) is 30.9 Å². The minimum atomic E-state index is -0.0281. The molecule has 1 aliphatic rings. The highest BCUT2D eigenvalue weighted by Gasteiger charge is 2.29. The second-order valence-corrected chi connectivity index (χ2v) is 7.99. The lowest BCUT2D eigenvalue weighted by molar-refractivity contribution is -0.0465. The number of ether oxygens (including phenoxy) is 3. The van der Waals surface area contributed by atoms with Crippen LogP contribution in [0.15, 0.2) is 48.5 Å². The molecule has 0 bridgehead atoms. The van der Waals surface area contributed by atoms with Crippen LogP contribution in [0.1, 0.15) is 36.2 Å². The van der Waals surface area contributed by atoms with Crippen molar-refractivity contribution in [3.05, 3.63) is 59.7 Å². The fraction of sp³-hybridized carbons (Fsp3) is 0.480. The van der Waals surface area contributed by atoms with Gasteiger partial charge in [0, 0.05) is 32.2 Å². The number of nitrogens with zero attached hydrogens (tertiary/aromatic N) is 2. The van der Waals surface area contributed by atoms with Gasteiger partial charge in [0.05, 0.1) is 32.5 Å². The molecule has 1 aliphatic heterocycles. The maximum atomic E-state index is 13.4. The number of benzene rings is 2. The summed E-state index contributed by atoms with van der Waals surface area (Å²) in [5.41, 5.74) is 1.83. The number of morpholine rings is 1. The topological polar surface area (TPSA) is 51.2 Å². The van der Waals surface area contributed by atoms with Gasteiger partial charge >= 0.3 is 0 Å². The van der Waals surface area contributed by atoms with E-state index in [4.69, 9.17) is 14.2 Å². The molecule has 0 saturated carbocycles. The first kappa shape index (κ1) is 23.1. The molecule has 2 aromatic rings. The maximum absolute atomic E-state index is 13.4. The van der Waals surface area contributed by atoms with E-state index >= 15 is 0 Å². The Morgan fingerprint density at radius 2 is 1.90 bits per heavy atom. The third-order valence-electron chi connectivity index (χ3n) is 5.91. The molecule has 168 valence electrons. The molecule has 1 heterocycles. The molecule has 1 fully saturated rings. The number of hydrogen-bond donors (Lipinski definition) is 0. The number of carbonyl (C=O) groups is 1. The second-order valence-electron chi connectivity index (χ2n) is 7.99. The van der Waals surface area contributed by atoms with Crippen molar-refractivity contribution < 1.29 is 19.0 Å². The smallest absolute Gasteiger partial charge is 0.257 e. The summed E-state index contributed by atoms with van der Waals surface area (Å²) in [7, 11) is 3.28. The SMILES string of the molecule is CCC(C)N(CC1CN(Cc2ccc(OC)cc2)CCO1)C(=O)c1ccccc1OC. The van der Waals surface area contributed by atoms with Crippen molar-refractivity contribution in [1.82, 2.24) is 9.80 Å². The Morgan fingerprint density at radius 1 is 1.16 bits per heavy atom. The molecular weight excluding hydrogens is 392 g/mol. The van der Waals surface area contributed by atoms with E-state index in [9.17, 15) is 4.79 Å². The highest BCUT2D eigenvalue weighted by molar-refractivity contribution is 5.97. The summed E-state index contributed by atoms with van der Waals surface area (Å²) in [4.78, 5) is 17.7. The summed E-state index contributed by atoms with van der Waals surface area (Å²) in [5.74, 6) is 1.46. The second kappa shape index (κ2) is 11.2. The minimum absolute atomic E-state index is 0.0114. The molecule has 2 aromatic carbocycles. The van der Waals surface area contributed by atoms with Crippen LogP contribution >= 0.6 is 0 Å². The van der Waals surface area contributed by atoms with Gasteiger partial charge in [-0.3, -0.25) is 9.69 Å². The monoisotopic (exact) mass is 426 g/mol. The van der Waals surface area contributed by atoms with Crippen LogP contribution in [0.25, 0.3) is 0 Å². The van der Waals surface area contributed by atoms with Gasteiger partial charge in [0.1, 0.15) is 11.5 Å². The summed E-state index contributed by atoms with van der Waals surface area (Å²) in [6.45, 7) is 7.94. The quantitative estimate of drug-likeness (QED) is 0.610. The van der Waals surface area contributed by atoms with E-state index < -0.39 is 0 Å². The molecule has 0 N–H and O–H groups in total. The average molecular weight is 427 g/mol. The number of hydrogen-bond acceptors (Lipinski definition) is 5. The van der Waals surface area contributed by atoms with Crippen molar-refractivity contribution in [3.8, 4) is 11.5 Å². The van der Waals surface area contributed by atoms with Gasteiger partial charge in [-0.25, -0.2) is 0 Å². The Labute approximate surface area is 185 Å². The maximum Gasteiger partial charge on any atom is 0.257 e. The van der Waals surface area contributed by atoms with Crippen molar-refractivity contribution in [2.45, 2.75) is 39.0 Å². The van der Waals surface area contributed by atoms with Crippen LogP contribution in [0.2, 0.25) is 0 Å². The highest BCUT2D eigenvalue weighted by Crippen LogP contribution is 2.22. The van der Waals surface area contributed by atoms with Crippen molar-refractivity contribution in [1.29, 1.82) is 0 Å². The van der Waals surface area contributed by atoms with Crippen LogP contribution in [-0.2, 0) is 11.3 Å². The molecule has 2 unspecified atom stereocenters. The van der Waals surface area contributed by atoms with Crippen molar-refractivity contribution in [2.75, 3.05) is 40.5 Å². The molecule has 6 nitrogen and oxygen atoms in total. The molecule has 0 spiro atoms. The zero-order valence-electron chi connectivity index (χ0n) is 19.0. The fourth-order valence-electron chi connectivity index (χ4n) is 3.90. The summed E-state index contributed by atoms with van der Waals surface area (Å²) in [6, 6.07) is 15.7. The number of carbonyl (C=O) groups excluding carboxylic acids is 1. The molecule has 0 aliphatic carbocycles. The fourth-order valence-corrected chi connectivity index (χ4v) is 3.90. The van der Waals surface area contributed by atoms with Gasteiger partial charge in [0.25, 0.3) is 5.91 Å². The van der Waals surface area contributed by atoms with Gasteiger partial charge in [0.15, 0.2) is 0 Å². The van der Waals surface area contributed by atoms with Gasteiger partial charge in [-0.15, -0.1) is 0 Å². The Balaban J connectivity index is 1.68. The number of methoxy groups -OCH3 is 2. The highest BCUT2D eigenvalue weighted by atomic mass is 16.5. The van der Waals surface area contributed by atoms with E-state index in [1.165, 1.54) is 5.56 Å². The third kappa shape index (κ3) is 5.99. The number of rotatable bonds is 9. The van der Waals surface area contributed by atoms with Crippen LogP contribution in [0.5, 0.6) is 11.5 Å². The van der Waals surface area contributed by atoms with Gasteiger partial charge in [-0.2, -0.15) is 0 Å². The largest absolute Gasteiger partial charge is 0.497 e. The van der Waals surface area contributed by atoms with Gasteiger partial charge in [-0.05, 0) is 43.2 Å². The molecule has 0 radical (unpaired) electrons. The van der Waals surface area contributed by atoms with Gasteiger partial charge < -0.3 is 19.1 Å². The zero-order valence-corrected chi connectivity index (χ0v) is 19.0. The Bertz CT molecular complexity index is 840. The number of para-hydroxylation sites is 1. The molecular formula is C25H34N2O4. The lowest BCUT2D eigenvalue weighted by atomic mass is 10.1. The summed E-state index contributed by atoms with van der Waals surface area (Å²) >= 11 is 0. The summed E-state index contributed by atoms with van der Waals surface area (Å²) < 4.78 is 16.7.